The number of hydrogen-bond donors (Lipinski definition) is 1. The number of rotatable bonds is 10. The van der Waals surface area contributed by atoms with E-state index < -0.39 is 16.0 Å². The summed E-state index contributed by atoms with van der Waals surface area (Å²) in [6.45, 7) is 11.3. The lowest BCUT2D eigenvalue weighted by Gasteiger charge is -2.26. The maximum absolute atomic E-state index is 12.8. The van der Waals surface area contributed by atoms with Crippen molar-refractivity contribution in [2.24, 2.45) is 5.92 Å². The molecule has 0 bridgehead atoms. The average molecular weight is 363 g/mol. The second-order valence-corrected chi connectivity index (χ2v) is 8.82. The summed E-state index contributed by atoms with van der Waals surface area (Å²) in [5.41, 5.74) is 0.0156. The Morgan fingerprint density at radius 2 is 1.87 bits per heavy atom. The Hall–Kier alpha value is -0.960. The van der Waals surface area contributed by atoms with E-state index in [9.17, 15) is 13.2 Å². The quantitative estimate of drug-likeness (QED) is 0.692. The second-order valence-electron chi connectivity index (χ2n) is 5.74. The zero-order valence-corrected chi connectivity index (χ0v) is 15.8. The van der Waals surface area contributed by atoms with Crippen molar-refractivity contribution in [2.45, 2.75) is 31.9 Å². The number of aromatic carboxylic acids is 1. The third kappa shape index (κ3) is 5.56. The first kappa shape index (κ1) is 20.1. The van der Waals surface area contributed by atoms with Gasteiger partial charge in [0.25, 0.3) is 10.0 Å². The predicted octanol–water partition coefficient (Wildman–Crippen LogP) is 2.43. The van der Waals surface area contributed by atoms with Crippen LogP contribution in [-0.2, 0) is 10.0 Å². The molecule has 1 aromatic rings. The highest BCUT2D eigenvalue weighted by molar-refractivity contribution is 7.91. The normalized spacial score (nSPS) is 12.5. The standard InChI is InChI=1S/C15H26N2O4S2/c1-5-16(6-2)7-8-17(10-12(3)4)23(20,21)14-9-13(11-22-14)15(18)19/h9,11-12H,5-8,10H2,1-4H3,(H,18,19). The number of carbonyl (C=O) groups is 1. The van der Waals surface area contributed by atoms with E-state index in [-0.39, 0.29) is 15.7 Å². The summed E-state index contributed by atoms with van der Waals surface area (Å²) < 4.78 is 27.2. The third-order valence-corrected chi connectivity index (χ3v) is 6.83. The summed E-state index contributed by atoms with van der Waals surface area (Å²) in [7, 11) is -3.66. The number of nitrogens with zero attached hydrogens (tertiary/aromatic N) is 2. The van der Waals surface area contributed by atoms with Crippen LogP contribution in [0.4, 0.5) is 0 Å². The Labute approximate surface area is 142 Å². The van der Waals surface area contributed by atoms with E-state index in [0.29, 0.717) is 19.6 Å². The number of thiophene rings is 1. The van der Waals surface area contributed by atoms with Gasteiger partial charge in [0.05, 0.1) is 5.56 Å². The van der Waals surface area contributed by atoms with E-state index in [4.69, 9.17) is 5.11 Å². The fourth-order valence-electron chi connectivity index (χ4n) is 2.20. The van der Waals surface area contributed by atoms with Gasteiger partial charge < -0.3 is 10.0 Å². The molecule has 0 spiro atoms. The number of sulfonamides is 1. The fourth-order valence-corrected chi connectivity index (χ4v) is 5.10. The Morgan fingerprint density at radius 1 is 1.26 bits per heavy atom. The molecule has 23 heavy (non-hydrogen) atoms. The van der Waals surface area contributed by atoms with E-state index in [1.165, 1.54) is 15.8 Å². The van der Waals surface area contributed by atoms with E-state index >= 15 is 0 Å². The van der Waals surface area contributed by atoms with Gasteiger partial charge in [-0.3, -0.25) is 0 Å². The topological polar surface area (TPSA) is 77.9 Å². The van der Waals surface area contributed by atoms with Crippen LogP contribution in [-0.4, -0.2) is 61.4 Å². The Morgan fingerprint density at radius 3 is 2.30 bits per heavy atom. The molecule has 0 aliphatic carbocycles. The first-order chi connectivity index (χ1) is 10.7. The summed E-state index contributed by atoms with van der Waals surface area (Å²) in [4.78, 5) is 13.1. The molecule has 1 rings (SSSR count). The molecule has 132 valence electrons. The minimum Gasteiger partial charge on any atom is -0.478 e. The van der Waals surface area contributed by atoms with Crippen LogP contribution >= 0.6 is 11.3 Å². The highest BCUT2D eigenvalue weighted by atomic mass is 32.2. The average Bonchev–Trinajstić information content (AvgIpc) is 2.97. The van der Waals surface area contributed by atoms with Gasteiger partial charge in [0, 0.05) is 25.0 Å². The van der Waals surface area contributed by atoms with Crippen molar-refractivity contribution in [3.63, 3.8) is 0 Å². The number of likely N-dealkylation sites (N-methyl/N-ethyl adjacent to an activating group) is 1. The molecule has 0 amide bonds. The van der Waals surface area contributed by atoms with Crippen molar-refractivity contribution in [3.8, 4) is 0 Å². The zero-order valence-electron chi connectivity index (χ0n) is 14.2. The van der Waals surface area contributed by atoms with Crippen LogP contribution in [0, 0.1) is 5.92 Å². The predicted molar refractivity (Wildman–Crippen MR) is 92.7 cm³/mol. The number of carboxylic acid groups (broad SMARTS) is 1. The van der Waals surface area contributed by atoms with Crippen molar-refractivity contribution >= 4 is 27.3 Å². The summed E-state index contributed by atoms with van der Waals surface area (Å²) in [5.74, 6) is -0.915. The Kier molecular flexibility index (Phi) is 7.66. The molecule has 1 heterocycles. The summed E-state index contributed by atoms with van der Waals surface area (Å²) in [5, 5.41) is 10.3. The van der Waals surface area contributed by atoms with Crippen molar-refractivity contribution < 1.29 is 18.3 Å². The van der Waals surface area contributed by atoms with E-state index in [2.05, 4.69) is 4.90 Å². The van der Waals surface area contributed by atoms with Crippen molar-refractivity contribution in [1.29, 1.82) is 0 Å². The lowest BCUT2D eigenvalue weighted by atomic mass is 10.2. The fraction of sp³-hybridized carbons (Fsp3) is 0.667. The van der Waals surface area contributed by atoms with Gasteiger partial charge >= 0.3 is 5.97 Å². The van der Waals surface area contributed by atoms with Crippen LogP contribution in [0.15, 0.2) is 15.7 Å². The highest BCUT2D eigenvalue weighted by Gasteiger charge is 2.27. The van der Waals surface area contributed by atoms with Crippen LogP contribution in [0.25, 0.3) is 0 Å². The van der Waals surface area contributed by atoms with Gasteiger partial charge in [0.2, 0.25) is 0 Å². The van der Waals surface area contributed by atoms with Gasteiger partial charge in [-0.2, -0.15) is 4.31 Å². The zero-order chi connectivity index (χ0) is 17.6. The monoisotopic (exact) mass is 362 g/mol. The van der Waals surface area contributed by atoms with E-state index in [1.807, 2.05) is 27.7 Å². The number of hydrogen-bond acceptors (Lipinski definition) is 5. The van der Waals surface area contributed by atoms with Crippen LogP contribution < -0.4 is 0 Å². The van der Waals surface area contributed by atoms with Crippen LogP contribution in [0.2, 0.25) is 0 Å². The van der Waals surface area contributed by atoms with Gasteiger partial charge in [-0.15, -0.1) is 11.3 Å². The Balaban J connectivity index is 3.00. The van der Waals surface area contributed by atoms with Gasteiger partial charge in [0.15, 0.2) is 0 Å². The van der Waals surface area contributed by atoms with Gasteiger partial charge in [-0.05, 0) is 25.1 Å². The minimum atomic E-state index is -3.66. The molecular weight excluding hydrogens is 336 g/mol. The summed E-state index contributed by atoms with van der Waals surface area (Å²) in [6, 6.07) is 1.24. The lowest BCUT2D eigenvalue weighted by Crippen LogP contribution is -2.40. The maximum atomic E-state index is 12.8. The lowest BCUT2D eigenvalue weighted by molar-refractivity contribution is 0.0697. The van der Waals surface area contributed by atoms with E-state index in [0.717, 1.165) is 24.4 Å². The maximum Gasteiger partial charge on any atom is 0.336 e. The molecule has 0 radical (unpaired) electrons. The third-order valence-electron chi connectivity index (χ3n) is 3.55. The molecule has 0 aromatic carbocycles. The smallest absolute Gasteiger partial charge is 0.336 e. The van der Waals surface area contributed by atoms with Crippen LogP contribution in [0.3, 0.4) is 0 Å². The first-order valence-corrected chi connectivity index (χ1v) is 10.1. The molecule has 6 nitrogen and oxygen atoms in total. The largest absolute Gasteiger partial charge is 0.478 e. The van der Waals surface area contributed by atoms with Crippen molar-refractivity contribution in [3.05, 3.63) is 17.0 Å². The van der Waals surface area contributed by atoms with E-state index in [1.54, 1.807) is 0 Å². The van der Waals surface area contributed by atoms with Crippen LogP contribution in [0.1, 0.15) is 38.1 Å². The number of carboxylic acids is 1. The molecule has 0 unspecified atom stereocenters. The molecule has 8 heteroatoms. The first-order valence-electron chi connectivity index (χ1n) is 7.76. The molecule has 1 aromatic heterocycles. The Bertz CT molecular complexity index is 607. The van der Waals surface area contributed by atoms with Gasteiger partial charge in [-0.25, -0.2) is 13.2 Å². The molecule has 1 N–H and O–H groups in total. The summed E-state index contributed by atoms with van der Waals surface area (Å²) >= 11 is 0.962. The molecule has 0 atom stereocenters. The minimum absolute atomic E-state index is 0.0156. The van der Waals surface area contributed by atoms with Gasteiger partial charge in [-0.1, -0.05) is 27.7 Å². The SMILES string of the molecule is CCN(CC)CCN(CC(C)C)S(=O)(=O)c1cc(C(=O)O)cs1. The molecule has 0 fully saturated rings. The molecular formula is C15H26N2O4S2. The molecule has 0 aliphatic heterocycles. The molecule has 0 aliphatic rings. The molecule has 0 saturated carbocycles. The van der Waals surface area contributed by atoms with Crippen LogP contribution in [0.5, 0.6) is 0 Å². The summed E-state index contributed by atoms with van der Waals surface area (Å²) in [6.07, 6.45) is 0. The molecule has 0 saturated heterocycles. The highest BCUT2D eigenvalue weighted by Crippen LogP contribution is 2.24. The van der Waals surface area contributed by atoms with Crippen molar-refractivity contribution in [1.82, 2.24) is 9.21 Å². The van der Waals surface area contributed by atoms with Gasteiger partial charge in [0.1, 0.15) is 4.21 Å². The van der Waals surface area contributed by atoms with Crippen molar-refractivity contribution in [2.75, 3.05) is 32.7 Å². The second kappa shape index (κ2) is 8.77.